The summed E-state index contributed by atoms with van der Waals surface area (Å²) in [4.78, 5) is 11.6. The SMILES string of the molecule is CCn1ncc(NCCOCC(F)(F)F)c(Cl)c1=O. The van der Waals surface area contributed by atoms with E-state index in [0.717, 1.165) is 0 Å². The van der Waals surface area contributed by atoms with Gasteiger partial charge in [-0.2, -0.15) is 18.3 Å². The molecule has 0 saturated carbocycles. The second-order valence-corrected chi connectivity index (χ2v) is 3.97. The summed E-state index contributed by atoms with van der Waals surface area (Å²) in [6.45, 7) is 0.744. The van der Waals surface area contributed by atoms with Crippen LogP contribution in [0.5, 0.6) is 0 Å². The van der Waals surface area contributed by atoms with Gasteiger partial charge in [-0.15, -0.1) is 0 Å². The van der Waals surface area contributed by atoms with Gasteiger partial charge in [0.2, 0.25) is 0 Å². The Morgan fingerprint density at radius 3 is 2.79 bits per heavy atom. The van der Waals surface area contributed by atoms with Gasteiger partial charge in [0.15, 0.2) is 0 Å². The summed E-state index contributed by atoms with van der Waals surface area (Å²) in [6, 6.07) is 0. The molecule has 0 radical (unpaired) electrons. The molecule has 0 unspecified atom stereocenters. The largest absolute Gasteiger partial charge is 0.411 e. The van der Waals surface area contributed by atoms with Crippen LogP contribution in [0.15, 0.2) is 11.0 Å². The molecule has 0 aliphatic heterocycles. The van der Waals surface area contributed by atoms with Gasteiger partial charge >= 0.3 is 6.18 Å². The number of aryl methyl sites for hydroxylation is 1. The lowest BCUT2D eigenvalue weighted by atomic mass is 10.4. The van der Waals surface area contributed by atoms with Crippen LogP contribution >= 0.6 is 11.6 Å². The smallest absolute Gasteiger partial charge is 0.380 e. The summed E-state index contributed by atoms with van der Waals surface area (Å²) in [5, 5.41) is 6.47. The lowest BCUT2D eigenvalue weighted by molar-refractivity contribution is -0.172. The average Bonchev–Trinajstić information content (AvgIpc) is 2.33. The van der Waals surface area contributed by atoms with Crippen LogP contribution in [0.2, 0.25) is 5.02 Å². The molecule has 1 rings (SSSR count). The number of nitrogens with one attached hydrogen (secondary N) is 1. The zero-order chi connectivity index (χ0) is 14.5. The fourth-order valence-electron chi connectivity index (χ4n) is 1.26. The molecule has 0 amide bonds. The highest BCUT2D eigenvalue weighted by Gasteiger charge is 2.27. The molecule has 19 heavy (non-hydrogen) atoms. The predicted molar refractivity (Wildman–Crippen MR) is 64.5 cm³/mol. The van der Waals surface area contributed by atoms with E-state index >= 15 is 0 Å². The van der Waals surface area contributed by atoms with Crippen molar-refractivity contribution in [2.24, 2.45) is 0 Å². The number of hydrogen-bond acceptors (Lipinski definition) is 4. The summed E-state index contributed by atoms with van der Waals surface area (Å²) in [5.74, 6) is 0. The molecule has 0 fully saturated rings. The van der Waals surface area contributed by atoms with Gasteiger partial charge in [-0.1, -0.05) is 11.6 Å². The van der Waals surface area contributed by atoms with Crippen molar-refractivity contribution in [2.75, 3.05) is 25.1 Å². The highest BCUT2D eigenvalue weighted by Crippen LogP contribution is 2.16. The molecular formula is C10H13ClF3N3O2. The highest BCUT2D eigenvalue weighted by molar-refractivity contribution is 6.32. The molecule has 9 heteroatoms. The van der Waals surface area contributed by atoms with Gasteiger partial charge in [0.1, 0.15) is 11.6 Å². The van der Waals surface area contributed by atoms with Gasteiger partial charge in [-0.05, 0) is 6.92 Å². The second-order valence-electron chi connectivity index (χ2n) is 3.59. The molecule has 0 aromatic carbocycles. The minimum absolute atomic E-state index is 0.0485. The van der Waals surface area contributed by atoms with Crippen molar-refractivity contribution in [1.82, 2.24) is 9.78 Å². The van der Waals surface area contributed by atoms with Gasteiger partial charge in [-0.3, -0.25) is 4.79 Å². The first-order valence-electron chi connectivity index (χ1n) is 5.49. The van der Waals surface area contributed by atoms with Gasteiger partial charge in [0, 0.05) is 13.1 Å². The van der Waals surface area contributed by atoms with E-state index in [2.05, 4.69) is 15.2 Å². The molecule has 1 aromatic rings. The van der Waals surface area contributed by atoms with Crippen LogP contribution < -0.4 is 10.9 Å². The van der Waals surface area contributed by atoms with E-state index < -0.39 is 18.3 Å². The maximum absolute atomic E-state index is 11.8. The lowest BCUT2D eigenvalue weighted by Crippen LogP contribution is -2.24. The minimum atomic E-state index is -4.35. The Bertz CT molecular complexity index is 476. The number of hydrogen-bond donors (Lipinski definition) is 1. The number of alkyl halides is 3. The van der Waals surface area contributed by atoms with Crippen molar-refractivity contribution in [1.29, 1.82) is 0 Å². The van der Waals surface area contributed by atoms with Crippen molar-refractivity contribution in [2.45, 2.75) is 19.6 Å². The van der Waals surface area contributed by atoms with E-state index in [1.807, 2.05) is 0 Å². The van der Waals surface area contributed by atoms with Crippen molar-refractivity contribution in [3.63, 3.8) is 0 Å². The number of ether oxygens (including phenoxy) is 1. The molecule has 1 heterocycles. The van der Waals surface area contributed by atoms with Crippen molar-refractivity contribution in [3.05, 3.63) is 21.6 Å². The molecule has 1 N–H and O–H groups in total. The Morgan fingerprint density at radius 2 is 2.21 bits per heavy atom. The first-order chi connectivity index (χ1) is 8.85. The standard InChI is InChI=1S/C10H13ClF3N3O2/c1-2-17-9(18)8(11)7(5-16-17)15-3-4-19-6-10(12,13)14/h5,15H,2-4,6H2,1H3. The molecule has 0 aliphatic carbocycles. The summed E-state index contributed by atoms with van der Waals surface area (Å²) >= 11 is 5.81. The molecule has 0 atom stereocenters. The normalized spacial score (nSPS) is 11.6. The molecule has 5 nitrogen and oxygen atoms in total. The zero-order valence-corrected chi connectivity index (χ0v) is 10.9. The highest BCUT2D eigenvalue weighted by atomic mass is 35.5. The van der Waals surface area contributed by atoms with Crippen LogP contribution in [0.1, 0.15) is 6.92 Å². The number of nitrogens with zero attached hydrogens (tertiary/aromatic N) is 2. The average molecular weight is 300 g/mol. The van der Waals surface area contributed by atoms with Crippen molar-refractivity contribution >= 4 is 17.3 Å². The van der Waals surface area contributed by atoms with Crippen LogP contribution in [-0.4, -0.2) is 35.7 Å². The predicted octanol–water partition coefficient (Wildman–Crippen LogP) is 1.91. The van der Waals surface area contributed by atoms with Crippen LogP contribution in [0.25, 0.3) is 0 Å². The molecule has 108 valence electrons. The fourth-order valence-corrected chi connectivity index (χ4v) is 1.47. The minimum Gasteiger partial charge on any atom is -0.380 e. The summed E-state index contributed by atoms with van der Waals surface area (Å²) in [5.41, 5.74) is -0.183. The zero-order valence-electron chi connectivity index (χ0n) is 10.1. The Labute approximate surface area is 112 Å². The van der Waals surface area contributed by atoms with Crippen LogP contribution in [0.4, 0.5) is 18.9 Å². The Morgan fingerprint density at radius 1 is 1.53 bits per heavy atom. The number of rotatable bonds is 6. The maximum atomic E-state index is 11.8. The molecule has 1 aromatic heterocycles. The number of anilines is 1. The lowest BCUT2D eigenvalue weighted by Gasteiger charge is -2.10. The van der Waals surface area contributed by atoms with Crippen LogP contribution in [0.3, 0.4) is 0 Å². The van der Waals surface area contributed by atoms with E-state index in [1.54, 1.807) is 6.92 Å². The number of halogens is 4. The fraction of sp³-hybridized carbons (Fsp3) is 0.600. The first kappa shape index (κ1) is 15.8. The Hall–Kier alpha value is -1.28. The topological polar surface area (TPSA) is 56.1 Å². The first-order valence-corrected chi connectivity index (χ1v) is 5.87. The third-order valence-corrected chi connectivity index (χ3v) is 2.48. The summed E-state index contributed by atoms with van der Waals surface area (Å²) in [7, 11) is 0. The quantitative estimate of drug-likeness (QED) is 0.815. The van der Waals surface area contributed by atoms with E-state index in [0.29, 0.717) is 6.54 Å². The third kappa shape index (κ3) is 5.07. The summed E-state index contributed by atoms with van der Waals surface area (Å²) in [6.07, 6.45) is -3.00. The van der Waals surface area contributed by atoms with E-state index in [1.165, 1.54) is 10.9 Å². The van der Waals surface area contributed by atoms with Gasteiger partial charge in [0.25, 0.3) is 5.56 Å². The van der Waals surface area contributed by atoms with E-state index in [4.69, 9.17) is 11.6 Å². The summed E-state index contributed by atoms with van der Waals surface area (Å²) < 4.78 is 40.9. The van der Waals surface area contributed by atoms with Crippen LogP contribution in [-0.2, 0) is 11.3 Å². The molecule has 0 aliphatic rings. The third-order valence-electron chi connectivity index (χ3n) is 2.11. The van der Waals surface area contributed by atoms with Crippen LogP contribution in [0, 0.1) is 0 Å². The second kappa shape index (κ2) is 6.76. The van der Waals surface area contributed by atoms with E-state index in [9.17, 15) is 18.0 Å². The Kier molecular flexibility index (Phi) is 5.61. The molecular weight excluding hydrogens is 287 g/mol. The number of aromatic nitrogens is 2. The van der Waals surface area contributed by atoms with Crippen molar-refractivity contribution in [3.8, 4) is 0 Å². The Balaban J connectivity index is 2.47. The molecule has 0 bridgehead atoms. The van der Waals surface area contributed by atoms with Gasteiger partial charge in [-0.25, -0.2) is 4.68 Å². The molecule has 0 saturated heterocycles. The maximum Gasteiger partial charge on any atom is 0.411 e. The van der Waals surface area contributed by atoms with Gasteiger partial charge < -0.3 is 10.1 Å². The van der Waals surface area contributed by atoms with Gasteiger partial charge in [0.05, 0.1) is 18.5 Å². The van der Waals surface area contributed by atoms with E-state index in [-0.39, 0.29) is 23.9 Å². The van der Waals surface area contributed by atoms with Crippen molar-refractivity contribution < 1.29 is 17.9 Å². The molecule has 0 spiro atoms. The monoisotopic (exact) mass is 299 g/mol.